The maximum Gasteiger partial charge on any atom is 0.0999 e. The first-order chi connectivity index (χ1) is 4.61. The maximum atomic E-state index is 6.04. The summed E-state index contributed by atoms with van der Waals surface area (Å²) in [7, 11) is 0.900. The SMILES string of the molecule is [SiH3]C(Cl)(Cl)C1CCCCC1. The van der Waals surface area contributed by atoms with Crippen molar-refractivity contribution in [2.24, 2.45) is 5.92 Å². The Kier molecular flexibility index (Phi) is 3.08. The van der Waals surface area contributed by atoms with Crippen LogP contribution in [0.2, 0.25) is 0 Å². The number of hydrogen-bond acceptors (Lipinski definition) is 0. The highest BCUT2D eigenvalue weighted by atomic mass is 35.5. The molecule has 1 saturated carbocycles. The summed E-state index contributed by atoms with van der Waals surface area (Å²) in [4.78, 5) is 0. The van der Waals surface area contributed by atoms with Crippen LogP contribution in [0.3, 0.4) is 0 Å². The Hall–Kier alpha value is 0.797. The van der Waals surface area contributed by atoms with Gasteiger partial charge in [0.05, 0.1) is 3.96 Å². The smallest absolute Gasteiger partial charge is 0.0999 e. The van der Waals surface area contributed by atoms with Gasteiger partial charge in [0.1, 0.15) is 0 Å². The van der Waals surface area contributed by atoms with E-state index in [-0.39, 0.29) is 3.96 Å². The highest BCUT2D eigenvalue weighted by molar-refractivity contribution is 6.65. The molecule has 1 aliphatic carbocycles. The summed E-state index contributed by atoms with van der Waals surface area (Å²) in [6.45, 7) is 0. The van der Waals surface area contributed by atoms with E-state index in [1.807, 2.05) is 0 Å². The van der Waals surface area contributed by atoms with Crippen molar-refractivity contribution in [3.05, 3.63) is 0 Å². The highest BCUT2D eigenvalue weighted by Crippen LogP contribution is 2.37. The standard InChI is InChI=1S/C7H14Cl2Si/c8-7(9,10)6-4-2-1-3-5-6/h6H,1-5H2,10H3. The quantitative estimate of drug-likeness (QED) is 0.446. The van der Waals surface area contributed by atoms with E-state index in [1.165, 1.54) is 32.1 Å². The van der Waals surface area contributed by atoms with Crippen molar-refractivity contribution in [2.45, 2.75) is 36.1 Å². The van der Waals surface area contributed by atoms with Crippen molar-refractivity contribution in [1.82, 2.24) is 0 Å². The van der Waals surface area contributed by atoms with Gasteiger partial charge in [-0.2, -0.15) is 0 Å². The zero-order valence-corrected chi connectivity index (χ0v) is 9.88. The van der Waals surface area contributed by atoms with Crippen LogP contribution in [0.4, 0.5) is 0 Å². The van der Waals surface area contributed by atoms with Gasteiger partial charge in [0.2, 0.25) is 0 Å². The zero-order chi connectivity index (χ0) is 7.61. The summed E-state index contributed by atoms with van der Waals surface area (Å²) in [5.74, 6) is 0.594. The minimum atomic E-state index is -0.347. The Bertz CT molecular complexity index is 103. The third-order valence-electron chi connectivity index (χ3n) is 2.32. The fraction of sp³-hybridized carbons (Fsp3) is 1.00. The average Bonchev–Trinajstić information content (AvgIpc) is 1.88. The van der Waals surface area contributed by atoms with Gasteiger partial charge in [0.15, 0.2) is 0 Å². The molecule has 1 fully saturated rings. The van der Waals surface area contributed by atoms with E-state index >= 15 is 0 Å². The second-order valence-corrected chi connectivity index (χ2v) is 7.90. The largest absolute Gasteiger partial charge is 0.107 e. The molecule has 3 heteroatoms. The Morgan fingerprint density at radius 3 is 1.90 bits per heavy atom. The third-order valence-corrected chi connectivity index (χ3v) is 3.76. The lowest BCUT2D eigenvalue weighted by molar-refractivity contribution is 0.362. The van der Waals surface area contributed by atoms with E-state index in [0.717, 1.165) is 10.2 Å². The molecule has 1 rings (SSSR count). The average molecular weight is 197 g/mol. The first kappa shape index (κ1) is 8.89. The summed E-state index contributed by atoms with van der Waals surface area (Å²) < 4.78 is -0.347. The highest BCUT2D eigenvalue weighted by Gasteiger charge is 2.29. The first-order valence-electron chi connectivity index (χ1n) is 3.98. The van der Waals surface area contributed by atoms with Crippen LogP contribution in [0, 0.1) is 5.92 Å². The number of hydrogen-bond donors (Lipinski definition) is 0. The van der Waals surface area contributed by atoms with E-state index in [4.69, 9.17) is 23.2 Å². The molecule has 0 aromatic rings. The minimum absolute atomic E-state index is 0.347. The van der Waals surface area contributed by atoms with Crippen molar-refractivity contribution < 1.29 is 0 Å². The molecule has 10 heavy (non-hydrogen) atoms. The van der Waals surface area contributed by atoms with Crippen LogP contribution in [0.1, 0.15) is 32.1 Å². The molecule has 0 bridgehead atoms. The van der Waals surface area contributed by atoms with E-state index in [9.17, 15) is 0 Å². The van der Waals surface area contributed by atoms with Gasteiger partial charge >= 0.3 is 0 Å². The Balaban J connectivity index is 2.39. The van der Waals surface area contributed by atoms with Crippen molar-refractivity contribution in [3.8, 4) is 0 Å². The van der Waals surface area contributed by atoms with E-state index < -0.39 is 0 Å². The summed E-state index contributed by atoms with van der Waals surface area (Å²) in [6.07, 6.45) is 6.52. The van der Waals surface area contributed by atoms with Gasteiger partial charge in [-0.3, -0.25) is 0 Å². The Morgan fingerprint density at radius 2 is 1.60 bits per heavy atom. The normalized spacial score (nSPS) is 23.4. The van der Waals surface area contributed by atoms with Crippen molar-refractivity contribution in [3.63, 3.8) is 0 Å². The van der Waals surface area contributed by atoms with Gasteiger partial charge in [0.25, 0.3) is 0 Å². The summed E-state index contributed by atoms with van der Waals surface area (Å²) in [6, 6.07) is 0. The third kappa shape index (κ3) is 2.44. The van der Waals surface area contributed by atoms with Crippen LogP contribution < -0.4 is 0 Å². The number of alkyl halides is 2. The van der Waals surface area contributed by atoms with Crippen molar-refractivity contribution in [2.75, 3.05) is 0 Å². The zero-order valence-electron chi connectivity index (χ0n) is 6.37. The topological polar surface area (TPSA) is 0 Å². The van der Waals surface area contributed by atoms with Gasteiger partial charge in [-0.15, -0.1) is 23.2 Å². The van der Waals surface area contributed by atoms with Gasteiger partial charge < -0.3 is 0 Å². The van der Waals surface area contributed by atoms with Gasteiger partial charge in [0, 0.05) is 10.2 Å². The first-order valence-corrected chi connectivity index (χ1v) is 5.74. The van der Waals surface area contributed by atoms with Crippen molar-refractivity contribution in [1.29, 1.82) is 0 Å². The van der Waals surface area contributed by atoms with Crippen molar-refractivity contribution >= 4 is 33.4 Å². The fourth-order valence-electron chi connectivity index (χ4n) is 1.61. The molecular weight excluding hydrogens is 183 g/mol. The van der Waals surface area contributed by atoms with Crippen LogP contribution >= 0.6 is 23.2 Å². The molecule has 0 aromatic carbocycles. The molecular formula is C7H14Cl2Si. The maximum absolute atomic E-state index is 6.04. The summed E-state index contributed by atoms with van der Waals surface area (Å²) in [5.41, 5.74) is 0. The number of rotatable bonds is 1. The van der Waals surface area contributed by atoms with E-state index in [2.05, 4.69) is 0 Å². The molecule has 0 saturated heterocycles. The number of halogens is 2. The summed E-state index contributed by atoms with van der Waals surface area (Å²) >= 11 is 12.1. The molecule has 0 N–H and O–H groups in total. The monoisotopic (exact) mass is 196 g/mol. The molecule has 0 unspecified atom stereocenters. The molecule has 0 amide bonds. The molecule has 1 aliphatic rings. The molecule has 60 valence electrons. The second kappa shape index (κ2) is 3.46. The lowest BCUT2D eigenvalue weighted by atomic mass is 9.90. The Labute approximate surface area is 75.7 Å². The predicted octanol–water partition coefficient (Wildman–Crippen LogP) is 2.06. The summed E-state index contributed by atoms with van der Waals surface area (Å²) in [5, 5.41) is 0. The fourth-order valence-corrected chi connectivity index (χ4v) is 2.62. The van der Waals surface area contributed by atoms with Gasteiger partial charge in [-0.1, -0.05) is 19.3 Å². The van der Waals surface area contributed by atoms with Crippen LogP contribution in [0.25, 0.3) is 0 Å². The van der Waals surface area contributed by atoms with E-state index in [1.54, 1.807) is 0 Å². The molecule has 0 heterocycles. The van der Waals surface area contributed by atoms with Crippen LogP contribution in [0.15, 0.2) is 0 Å². The molecule has 0 aliphatic heterocycles. The lowest BCUT2D eigenvalue weighted by Gasteiger charge is -2.29. The predicted molar refractivity (Wildman–Crippen MR) is 51.0 cm³/mol. The molecule has 0 nitrogen and oxygen atoms in total. The molecule has 0 atom stereocenters. The van der Waals surface area contributed by atoms with E-state index in [0.29, 0.717) is 5.92 Å². The molecule has 0 radical (unpaired) electrons. The lowest BCUT2D eigenvalue weighted by Crippen LogP contribution is -2.27. The van der Waals surface area contributed by atoms with Gasteiger partial charge in [-0.05, 0) is 18.8 Å². The van der Waals surface area contributed by atoms with Crippen LogP contribution in [-0.4, -0.2) is 14.2 Å². The molecule has 0 aromatic heterocycles. The van der Waals surface area contributed by atoms with Crippen LogP contribution in [0.5, 0.6) is 0 Å². The van der Waals surface area contributed by atoms with Crippen LogP contribution in [-0.2, 0) is 0 Å². The Morgan fingerprint density at radius 1 is 1.10 bits per heavy atom. The second-order valence-electron chi connectivity index (χ2n) is 3.29. The minimum Gasteiger partial charge on any atom is -0.107 e. The van der Waals surface area contributed by atoms with Gasteiger partial charge in [-0.25, -0.2) is 0 Å². The molecule has 0 spiro atoms.